The number of aromatic nitrogens is 1. The van der Waals surface area contributed by atoms with Gasteiger partial charge >= 0.3 is 7.12 Å². The van der Waals surface area contributed by atoms with E-state index in [2.05, 4.69) is 4.98 Å². The van der Waals surface area contributed by atoms with Crippen molar-refractivity contribution in [3.05, 3.63) is 23.2 Å². The summed E-state index contributed by atoms with van der Waals surface area (Å²) in [6.07, 6.45) is 1.54. The second-order valence-corrected chi connectivity index (χ2v) is 3.84. The minimum atomic E-state index is -1.47. The molecule has 2 heterocycles. The molecule has 0 saturated carbocycles. The van der Waals surface area contributed by atoms with Crippen molar-refractivity contribution in [3.8, 4) is 0 Å². The maximum atomic E-state index is 9.09. The van der Waals surface area contributed by atoms with Gasteiger partial charge in [-0.25, -0.2) is 0 Å². The van der Waals surface area contributed by atoms with Gasteiger partial charge in [-0.05, 0) is 19.0 Å². The van der Waals surface area contributed by atoms with Gasteiger partial charge in [0.2, 0.25) is 0 Å². The van der Waals surface area contributed by atoms with Crippen LogP contribution in [0.5, 0.6) is 0 Å². The number of thiophene rings is 1. The molecule has 0 bridgehead atoms. The highest BCUT2D eigenvalue weighted by atomic mass is 32.1. The lowest BCUT2D eigenvalue weighted by atomic mass is 9.81. The Morgan fingerprint density at radius 3 is 3.15 bits per heavy atom. The molecule has 0 saturated heterocycles. The molecule has 3 nitrogen and oxygen atoms in total. The number of hydrogen-bond acceptors (Lipinski definition) is 4. The lowest BCUT2D eigenvalue weighted by molar-refractivity contribution is 0.426. The molecular weight excluding hydrogens is 185 g/mol. The van der Waals surface area contributed by atoms with Gasteiger partial charge < -0.3 is 10.0 Å². The van der Waals surface area contributed by atoms with Crippen molar-refractivity contribution >= 4 is 34.1 Å². The van der Waals surface area contributed by atoms with Crippen molar-refractivity contribution < 1.29 is 11.4 Å². The Balaban J connectivity index is 2.66. The molecule has 66 valence electrons. The maximum Gasteiger partial charge on any atom is 0.490 e. The third kappa shape index (κ3) is 1.46. The Morgan fingerprint density at radius 1 is 1.62 bits per heavy atom. The molecule has 13 heavy (non-hydrogen) atoms. The highest BCUT2D eigenvalue weighted by molar-refractivity contribution is 7.20. The molecule has 0 unspecified atom stereocenters. The fourth-order valence-corrected chi connectivity index (χ4v) is 2.15. The van der Waals surface area contributed by atoms with Crippen LogP contribution in [0.4, 0.5) is 0 Å². The van der Waals surface area contributed by atoms with Crippen LogP contribution in [-0.2, 0) is 0 Å². The largest absolute Gasteiger partial charge is 0.490 e. The predicted octanol–water partition coefficient (Wildman–Crippen LogP) is 0.285. The summed E-state index contributed by atoms with van der Waals surface area (Å²) in [5.41, 5.74) is 1.18. The van der Waals surface area contributed by atoms with Crippen LogP contribution in [0.15, 0.2) is 18.3 Å². The van der Waals surface area contributed by atoms with E-state index >= 15 is 0 Å². The molecule has 0 spiro atoms. The zero-order valence-corrected chi connectivity index (χ0v) is 7.58. The van der Waals surface area contributed by atoms with E-state index in [1.54, 1.807) is 12.1 Å². The first-order chi connectivity index (χ1) is 6.72. The average Bonchev–Trinajstić information content (AvgIpc) is 2.59. The quantitative estimate of drug-likeness (QED) is 0.642. The van der Waals surface area contributed by atoms with Crippen molar-refractivity contribution in [2.75, 3.05) is 0 Å². The molecule has 0 radical (unpaired) electrons. The van der Waals surface area contributed by atoms with Gasteiger partial charge in [0.1, 0.15) is 0 Å². The van der Waals surface area contributed by atoms with Gasteiger partial charge in [-0.15, -0.1) is 11.3 Å². The summed E-state index contributed by atoms with van der Waals surface area (Å²) in [6, 6.07) is 3.39. The van der Waals surface area contributed by atoms with Gasteiger partial charge in [0.25, 0.3) is 0 Å². The van der Waals surface area contributed by atoms with Gasteiger partial charge in [0.05, 0.1) is 10.2 Å². The molecule has 0 atom stereocenters. The third-order valence-corrected chi connectivity index (χ3v) is 2.80. The van der Waals surface area contributed by atoms with Crippen molar-refractivity contribution in [2.45, 2.75) is 6.90 Å². The normalized spacial score (nSPS) is 11.7. The van der Waals surface area contributed by atoms with Gasteiger partial charge in [-0.1, -0.05) is 0 Å². The molecular formula is C8H8BNO2S. The number of rotatable bonds is 1. The molecule has 0 aliphatic rings. The smallest absolute Gasteiger partial charge is 0.423 e. The van der Waals surface area contributed by atoms with E-state index in [1.165, 1.54) is 17.5 Å². The monoisotopic (exact) mass is 195 g/mol. The summed E-state index contributed by atoms with van der Waals surface area (Å²) in [5, 5.41) is 18.2. The minimum absolute atomic E-state index is 0.196. The maximum absolute atomic E-state index is 9.09. The van der Waals surface area contributed by atoms with Crippen molar-refractivity contribution in [1.82, 2.24) is 4.98 Å². The summed E-state index contributed by atoms with van der Waals surface area (Å²) in [6.45, 7) is 0.196. The topological polar surface area (TPSA) is 53.4 Å². The van der Waals surface area contributed by atoms with Crippen LogP contribution in [0.3, 0.4) is 0 Å². The Morgan fingerprint density at radius 2 is 2.46 bits per heavy atom. The van der Waals surface area contributed by atoms with E-state index in [1.807, 2.05) is 0 Å². The Hall–Kier alpha value is -0.905. The van der Waals surface area contributed by atoms with E-state index < -0.39 is 7.12 Å². The van der Waals surface area contributed by atoms with Crippen LogP contribution in [0, 0.1) is 6.90 Å². The van der Waals surface area contributed by atoms with Gasteiger partial charge in [-0.2, -0.15) is 0 Å². The number of pyridine rings is 1. The van der Waals surface area contributed by atoms with E-state index in [4.69, 9.17) is 11.4 Å². The molecule has 0 fully saturated rings. The molecule has 2 aromatic heterocycles. The van der Waals surface area contributed by atoms with Crippen molar-refractivity contribution in [1.29, 1.82) is 0 Å². The van der Waals surface area contributed by atoms with Crippen LogP contribution in [0.1, 0.15) is 6.25 Å². The lowest BCUT2D eigenvalue weighted by Gasteiger charge is -1.98. The molecule has 2 rings (SSSR count). The fraction of sp³-hybridized carbons (Fsp3) is 0.125. The Kier molecular flexibility index (Phi) is 1.79. The first-order valence-electron chi connectivity index (χ1n) is 4.46. The van der Waals surface area contributed by atoms with Crippen LogP contribution in [0.2, 0.25) is 0 Å². The van der Waals surface area contributed by atoms with Crippen LogP contribution < -0.4 is 5.46 Å². The van der Waals surface area contributed by atoms with Gasteiger partial charge in [0, 0.05) is 17.9 Å². The lowest BCUT2D eigenvalue weighted by Crippen LogP contribution is -2.29. The second-order valence-electron chi connectivity index (χ2n) is 2.70. The molecule has 2 aromatic rings. The highest BCUT2D eigenvalue weighted by Gasteiger charge is 2.16. The summed E-state index contributed by atoms with van der Waals surface area (Å²) in [5.74, 6) is 0. The molecule has 0 amide bonds. The van der Waals surface area contributed by atoms with E-state index in [0.717, 1.165) is 15.1 Å². The molecule has 0 aromatic carbocycles. The predicted molar refractivity (Wildman–Crippen MR) is 54.2 cm³/mol. The summed E-state index contributed by atoms with van der Waals surface area (Å²) in [7, 11) is -1.47. The number of hydrogen-bond donors (Lipinski definition) is 2. The van der Waals surface area contributed by atoms with Crippen LogP contribution in [0.25, 0.3) is 10.2 Å². The summed E-state index contributed by atoms with van der Waals surface area (Å²) < 4.78 is 7.97. The second kappa shape index (κ2) is 3.10. The molecule has 0 aliphatic carbocycles. The van der Waals surface area contributed by atoms with Gasteiger partial charge in [-0.3, -0.25) is 4.98 Å². The highest BCUT2D eigenvalue weighted by Crippen LogP contribution is 2.21. The first-order valence-corrected chi connectivity index (χ1v) is 4.56. The third-order valence-electron chi connectivity index (χ3n) is 1.77. The van der Waals surface area contributed by atoms with E-state index in [-0.39, 0.29) is 6.90 Å². The standard InChI is InChI=1S/C8H8BNO2S/c1-5-4-7-8(13-5)6(9(11)12)2-3-10-7/h2-4,11-12H,1H3/i1T. The SMILES string of the molecule is [3H]Cc1cc2nccc(B(O)O)c2s1. The molecule has 5 heteroatoms. The zero-order chi connectivity index (χ0) is 10.1. The van der Waals surface area contributed by atoms with E-state index in [0.29, 0.717) is 5.46 Å². The summed E-state index contributed by atoms with van der Waals surface area (Å²) in [4.78, 5) is 4.97. The first kappa shape index (κ1) is 7.49. The number of nitrogens with zero attached hydrogens (tertiary/aromatic N) is 1. The Bertz CT molecular complexity index is 460. The van der Waals surface area contributed by atoms with Crippen molar-refractivity contribution in [2.24, 2.45) is 0 Å². The van der Waals surface area contributed by atoms with Gasteiger partial charge in [0.15, 0.2) is 0 Å². The Labute approximate surface area is 81.2 Å². The average molecular weight is 195 g/mol. The molecule has 2 N–H and O–H groups in total. The fourth-order valence-electron chi connectivity index (χ4n) is 1.21. The number of aryl methyl sites for hydroxylation is 1. The number of fused-ring (bicyclic) bond motifs is 1. The van der Waals surface area contributed by atoms with Crippen LogP contribution >= 0.6 is 11.3 Å². The molecule has 0 aliphatic heterocycles. The van der Waals surface area contributed by atoms with Crippen molar-refractivity contribution in [3.63, 3.8) is 0 Å². The van der Waals surface area contributed by atoms with Crippen LogP contribution in [-0.4, -0.2) is 22.2 Å². The minimum Gasteiger partial charge on any atom is -0.423 e. The summed E-state index contributed by atoms with van der Waals surface area (Å²) >= 11 is 1.38. The zero-order valence-electron chi connectivity index (χ0n) is 7.77. The van der Waals surface area contributed by atoms with E-state index in [9.17, 15) is 0 Å².